The smallest absolute Gasteiger partial charge is 0.382 e. The Balaban J connectivity index is 2.04. The highest BCUT2D eigenvalue weighted by Gasteiger charge is 2.42. The van der Waals surface area contributed by atoms with Crippen molar-refractivity contribution in [3.63, 3.8) is 0 Å². The number of hydrogen-bond acceptors (Lipinski definition) is 6. The second kappa shape index (κ2) is 6.74. The van der Waals surface area contributed by atoms with Gasteiger partial charge in [-0.1, -0.05) is 0 Å². The highest BCUT2D eigenvalue weighted by Crippen LogP contribution is 2.30. The third-order valence-electron chi connectivity index (χ3n) is 2.57. The van der Waals surface area contributed by atoms with Crippen molar-refractivity contribution in [2.24, 2.45) is 0 Å². The highest BCUT2D eigenvalue weighted by molar-refractivity contribution is 7.09. The Hall–Kier alpha value is -2.57. The lowest BCUT2D eigenvalue weighted by Crippen LogP contribution is -2.40. The van der Waals surface area contributed by atoms with Gasteiger partial charge in [0.2, 0.25) is 12.4 Å². The average molecular weight is 386 g/mol. The quantitative estimate of drug-likeness (QED) is 0.350. The molecule has 2 rings (SSSR count). The molecule has 0 spiro atoms. The van der Waals surface area contributed by atoms with Gasteiger partial charge in [-0.15, -0.1) is 0 Å². The lowest BCUT2D eigenvalue weighted by Gasteiger charge is -2.03. The first-order valence-electron chi connectivity index (χ1n) is 6.19. The Labute approximate surface area is 138 Å². The maximum Gasteiger partial charge on any atom is 0.491 e. The Kier molecular flexibility index (Phi) is 5.06. The van der Waals surface area contributed by atoms with Gasteiger partial charge in [0.05, 0.1) is 0 Å². The second-order valence-electron chi connectivity index (χ2n) is 4.44. The topological polar surface area (TPSA) is 73.0 Å². The summed E-state index contributed by atoms with van der Waals surface area (Å²) >= 11 is 0.509. The van der Waals surface area contributed by atoms with Crippen LogP contribution in [-0.2, 0) is 27.0 Å². The Morgan fingerprint density at radius 2 is 1.72 bits per heavy atom. The van der Waals surface area contributed by atoms with E-state index >= 15 is 0 Å². The molecule has 0 radical (unpaired) electrons. The number of esters is 2. The molecule has 0 saturated heterocycles. The molecule has 2 aromatic heterocycles. The van der Waals surface area contributed by atoms with E-state index in [-0.39, 0.29) is 10.6 Å². The fourth-order valence-corrected chi connectivity index (χ4v) is 2.19. The maximum atomic E-state index is 12.4. The lowest BCUT2D eigenvalue weighted by atomic mass is 10.3. The van der Waals surface area contributed by atoms with Crippen LogP contribution in [-0.4, -0.2) is 27.5 Å². The molecule has 0 amide bonds. The Bertz CT molecular complexity index is 785. The monoisotopic (exact) mass is 386 g/mol. The van der Waals surface area contributed by atoms with Gasteiger partial charge < -0.3 is 4.74 Å². The molecule has 25 heavy (non-hydrogen) atoms. The zero-order valence-corrected chi connectivity index (χ0v) is 12.6. The number of alkyl halides is 6. The zero-order valence-electron chi connectivity index (χ0n) is 11.8. The van der Waals surface area contributed by atoms with Gasteiger partial charge in [-0.05, 0) is 11.5 Å². The van der Waals surface area contributed by atoms with Crippen molar-refractivity contribution in [2.45, 2.75) is 18.9 Å². The van der Waals surface area contributed by atoms with E-state index in [2.05, 4.69) is 14.1 Å². The van der Waals surface area contributed by atoms with Gasteiger partial charge in [0, 0.05) is 17.7 Å². The fraction of sp³-hybridized carbons (Fsp3) is 0.250. The van der Waals surface area contributed by atoms with E-state index in [4.69, 9.17) is 0 Å². The van der Waals surface area contributed by atoms with E-state index in [0.717, 1.165) is 4.57 Å². The first kappa shape index (κ1) is 18.8. The molecule has 0 saturated carbocycles. The van der Waals surface area contributed by atoms with Gasteiger partial charge in [0.25, 0.3) is 0 Å². The van der Waals surface area contributed by atoms with Crippen LogP contribution in [0.25, 0.3) is 10.6 Å². The molecular weight excluding hydrogens is 380 g/mol. The van der Waals surface area contributed by atoms with Crippen LogP contribution in [0.4, 0.5) is 26.3 Å². The minimum Gasteiger partial charge on any atom is -0.382 e. The molecule has 0 fully saturated rings. The molecule has 2 aromatic rings. The minimum absolute atomic E-state index is 0.0331. The molecule has 134 valence electrons. The van der Waals surface area contributed by atoms with Crippen molar-refractivity contribution in [3.8, 4) is 10.6 Å². The van der Waals surface area contributed by atoms with Crippen LogP contribution in [0.5, 0.6) is 0 Å². The number of aromatic nitrogens is 3. The first-order valence-corrected chi connectivity index (χ1v) is 6.96. The number of pyridine rings is 1. The van der Waals surface area contributed by atoms with Crippen LogP contribution < -0.4 is 4.57 Å². The van der Waals surface area contributed by atoms with Gasteiger partial charge in [-0.2, -0.15) is 35.3 Å². The third-order valence-corrected chi connectivity index (χ3v) is 3.33. The van der Waals surface area contributed by atoms with E-state index in [0.29, 0.717) is 11.5 Å². The highest BCUT2D eigenvalue weighted by atomic mass is 32.1. The van der Waals surface area contributed by atoms with Crippen molar-refractivity contribution in [2.75, 3.05) is 0 Å². The van der Waals surface area contributed by atoms with Crippen LogP contribution >= 0.6 is 11.5 Å². The summed E-state index contributed by atoms with van der Waals surface area (Å²) in [6.07, 6.45) is -7.58. The normalized spacial score (nSPS) is 12.1. The van der Waals surface area contributed by atoms with E-state index < -0.39 is 36.7 Å². The lowest BCUT2D eigenvalue weighted by molar-refractivity contribution is -0.685. The van der Waals surface area contributed by atoms with Crippen LogP contribution in [0.1, 0.15) is 5.82 Å². The summed E-state index contributed by atoms with van der Waals surface area (Å²) < 4.78 is 81.0. The predicted octanol–water partition coefficient (Wildman–Crippen LogP) is 2.14. The molecule has 0 bridgehead atoms. The molecule has 0 aromatic carbocycles. The number of carbonyl (C=O) groups is 2. The Morgan fingerprint density at radius 1 is 1.12 bits per heavy atom. The molecular formula is C12H6F6N3O3S+. The summed E-state index contributed by atoms with van der Waals surface area (Å²) in [5, 5.41) is -0.0331. The van der Waals surface area contributed by atoms with Crippen LogP contribution in [0.3, 0.4) is 0 Å². The average Bonchev–Trinajstić information content (AvgIpc) is 2.96. The van der Waals surface area contributed by atoms with Gasteiger partial charge in [0.1, 0.15) is 5.01 Å². The zero-order chi connectivity index (χ0) is 18.8. The first-order chi connectivity index (χ1) is 11.5. The minimum atomic E-state index is -5.29. The molecule has 6 nitrogen and oxygen atoms in total. The van der Waals surface area contributed by atoms with Gasteiger partial charge in [-0.25, -0.2) is 14.6 Å². The van der Waals surface area contributed by atoms with Crippen molar-refractivity contribution < 1.29 is 45.2 Å². The summed E-state index contributed by atoms with van der Waals surface area (Å²) in [5.74, 6) is -5.38. The van der Waals surface area contributed by atoms with Crippen molar-refractivity contribution in [3.05, 3.63) is 30.4 Å². The van der Waals surface area contributed by atoms with Gasteiger partial charge in [0.15, 0.2) is 12.4 Å². The molecule has 13 heteroatoms. The fourth-order valence-electron chi connectivity index (χ4n) is 1.50. The number of halogens is 6. The predicted molar refractivity (Wildman–Crippen MR) is 67.7 cm³/mol. The number of carbonyl (C=O) groups excluding carboxylic acids is 2. The van der Waals surface area contributed by atoms with Crippen molar-refractivity contribution in [1.29, 1.82) is 0 Å². The molecule has 0 aliphatic carbocycles. The van der Waals surface area contributed by atoms with E-state index in [1.165, 1.54) is 24.5 Å². The number of nitrogens with zero attached hydrogens (tertiary/aromatic N) is 3. The molecule has 2 heterocycles. The third kappa shape index (κ3) is 4.95. The standard InChI is InChI=1S/C12H6F6N3O3S/c13-11(14,15)9-19-8(25-20-9)6-1-3-21(4-2-6)5-7(22)24-10(23)12(16,17)18/h1-4H,5H2/q+1. The van der Waals surface area contributed by atoms with E-state index in [9.17, 15) is 35.9 Å². The van der Waals surface area contributed by atoms with Gasteiger partial charge >= 0.3 is 24.3 Å². The molecule has 0 N–H and O–H groups in total. The van der Waals surface area contributed by atoms with Crippen LogP contribution in [0.2, 0.25) is 0 Å². The SMILES string of the molecule is O=C(C[n+]1ccc(-c2nc(C(F)(F)F)ns2)cc1)OC(=O)C(F)(F)F. The number of ether oxygens (including phenoxy) is 1. The summed E-state index contributed by atoms with van der Waals surface area (Å²) in [7, 11) is 0. The van der Waals surface area contributed by atoms with Crippen LogP contribution in [0.15, 0.2) is 24.5 Å². The molecule has 0 atom stereocenters. The summed E-state index contributed by atoms with van der Waals surface area (Å²) in [5.41, 5.74) is 0.254. The van der Waals surface area contributed by atoms with Gasteiger partial charge in [-0.3, -0.25) is 0 Å². The maximum absolute atomic E-state index is 12.4. The summed E-state index contributed by atoms with van der Waals surface area (Å²) in [6, 6.07) is 2.55. The number of rotatable bonds is 3. The van der Waals surface area contributed by atoms with Crippen molar-refractivity contribution >= 4 is 23.5 Å². The summed E-state index contributed by atoms with van der Waals surface area (Å²) in [6.45, 7) is -0.702. The van der Waals surface area contributed by atoms with E-state index in [1.54, 1.807) is 0 Å². The van der Waals surface area contributed by atoms with Crippen molar-refractivity contribution in [1.82, 2.24) is 9.36 Å². The second-order valence-corrected chi connectivity index (χ2v) is 5.19. The molecule has 0 aliphatic rings. The van der Waals surface area contributed by atoms with Crippen LogP contribution in [0, 0.1) is 0 Å². The van der Waals surface area contributed by atoms with E-state index in [1.807, 2.05) is 0 Å². The largest absolute Gasteiger partial charge is 0.491 e. The summed E-state index contributed by atoms with van der Waals surface area (Å²) in [4.78, 5) is 25.1. The number of hydrogen-bond donors (Lipinski definition) is 0. The molecule has 0 unspecified atom stereocenters. The Morgan fingerprint density at radius 3 is 2.20 bits per heavy atom. The molecule has 0 aliphatic heterocycles.